The van der Waals surface area contributed by atoms with Gasteiger partial charge in [0.05, 0.1) is 6.10 Å². The van der Waals surface area contributed by atoms with Gasteiger partial charge in [-0.1, -0.05) is 0 Å². The highest BCUT2D eigenvalue weighted by atomic mass is 16.3. The maximum atomic E-state index is 12.3. The second-order valence-electron chi connectivity index (χ2n) is 4.74. The molecular weight excluding hydrogens is 256 g/mol. The molecule has 0 bridgehead atoms. The van der Waals surface area contributed by atoms with Gasteiger partial charge in [0.1, 0.15) is 12.1 Å². The first kappa shape index (κ1) is 14.2. The first-order chi connectivity index (χ1) is 9.58. The van der Waals surface area contributed by atoms with Gasteiger partial charge >= 0.3 is 0 Å². The van der Waals surface area contributed by atoms with Crippen LogP contribution in [-0.2, 0) is 0 Å². The van der Waals surface area contributed by atoms with Crippen molar-refractivity contribution in [3.8, 4) is 5.82 Å². The van der Waals surface area contributed by atoms with Crippen LogP contribution in [-0.4, -0.2) is 50.1 Å². The van der Waals surface area contributed by atoms with Crippen LogP contribution in [0.5, 0.6) is 0 Å². The van der Waals surface area contributed by atoms with Crippen molar-refractivity contribution in [2.45, 2.75) is 19.4 Å². The summed E-state index contributed by atoms with van der Waals surface area (Å²) in [5.41, 5.74) is 0.566. The minimum atomic E-state index is -0.413. The molecule has 1 N–H and O–H groups in total. The fraction of sp³-hybridized carbons (Fsp3) is 0.357. The molecule has 2 aromatic heterocycles. The van der Waals surface area contributed by atoms with Gasteiger partial charge in [-0.05, 0) is 25.5 Å². The molecule has 0 aromatic carbocycles. The van der Waals surface area contributed by atoms with E-state index in [0.717, 1.165) is 0 Å². The third-order valence-corrected chi connectivity index (χ3v) is 2.99. The number of hydrogen-bond acceptors (Lipinski definition) is 4. The van der Waals surface area contributed by atoms with Gasteiger partial charge in [-0.2, -0.15) is 0 Å². The lowest BCUT2D eigenvalue weighted by Crippen LogP contribution is -2.29. The van der Waals surface area contributed by atoms with Crippen LogP contribution in [0.2, 0.25) is 0 Å². The summed E-state index contributed by atoms with van der Waals surface area (Å²) >= 11 is 0. The Kier molecular flexibility index (Phi) is 4.47. The topological polar surface area (TPSA) is 71.2 Å². The van der Waals surface area contributed by atoms with Gasteiger partial charge in [-0.25, -0.2) is 9.97 Å². The van der Waals surface area contributed by atoms with Crippen molar-refractivity contribution in [3.63, 3.8) is 0 Å². The average molecular weight is 274 g/mol. The number of amides is 1. The molecule has 2 rings (SSSR count). The molecule has 0 aliphatic heterocycles. The fourth-order valence-electron chi connectivity index (χ4n) is 1.79. The van der Waals surface area contributed by atoms with Gasteiger partial charge in [0.15, 0.2) is 0 Å². The standard InChI is InChI=1S/C14H18N4O2/c1-11(19)4-7-17(2)14(20)12-3-5-16-13(9-12)18-8-6-15-10-18/h3,5-6,8-11,19H,4,7H2,1-2H3. The summed E-state index contributed by atoms with van der Waals surface area (Å²) in [5, 5.41) is 9.26. The Hall–Kier alpha value is -2.21. The lowest BCUT2D eigenvalue weighted by Gasteiger charge is -2.18. The number of aliphatic hydroxyl groups excluding tert-OH is 1. The molecule has 0 aliphatic carbocycles. The van der Waals surface area contributed by atoms with Gasteiger partial charge in [0.2, 0.25) is 0 Å². The SMILES string of the molecule is CC(O)CCN(C)C(=O)c1ccnc(-n2ccnc2)c1. The van der Waals surface area contributed by atoms with Crippen molar-refractivity contribution in [3.05, 3.63) is 42.6 Å². The number of nitrogens with zero attached hydrogens (tertiary/aromatic N) is 4. The summed E-state index contributed by atoms with van der Waals surface area (Å²) in [6.07, 6.45) is 6.81. The molecule has 6 nitrogen and oxygen atoms in total. The van der Waals surface area contributed by atoms with Crippen LogP contribution in [0.15, 0.2) is 37.1 Å². The molecular formula is C14H18N4O2. The van der Waals surface area contributed by atoms with Crippen LogP contribution in [0.25, 0.3) is 5.82 Å². The molecule has 0 spiro atoms. The Morgan fingerprint density at radius 1 is 1.50 bits per heavy atom. The lowest BCUT2D eigenvalue weighted by molar-refractivity contribution is 0.0769. The molecule has 6 heteroatoms. The summed E-state index contributed by atoms with van der Waals surface area (Å²) in [5.74, 6) is 0.562. The Labute approximate surface area is 117 Å². The highest BCUT2D eigenvalue weighted by Gasteiger charge is 2.13. The van der Waals surface area contributed by atoms with Crippen LogP contribution in [0.4, 0.5) is 0 Å². The molecule has 0 radical (unpaired) electrons. The Morgan fingerprint density at radius 3 is 2.95 bits per heavy atom. The van der Waals surface area contributed by atoms with E-state index in [9.17, 15) is 9.90 Å². The number of carbonyl (C=O) groups is 1. The van der Waals surface area contributed by atoms with E-state index < -0.39 is 6.10 Å². The number of carbonyl (C=O) groups excluding carboxylic acids is 1. The predicted octanol–water partition coefficient (Wildman–Crippen LogP) is 1.11. The highest BCUT2D eigenvalue weighted by Crippen LogP contribution is 2.09. The molecule has 1 atom stereocenters. The van der Waals surface area contributed by atoms with E-state index in [4.69, 9.17) is 0 Å². The minimum Gasteiger partial charge on any atom is -0.393 e. The Balaban J connectivity index is 2.12. The third kappa shape index (κ3) is 3.42. The van der Waals surface area contributed by atoms with Gasteiger partial charge in [-0.15, -0.1) is 0 Å². The monoisotopic (exact) mass is 274 g/mol. The number of aromatic nitrogens is 3. The van der Waals surface area contributed by atoms with Gasteiger partial charge in [0, 0.05) is 37.7 Å². The lowest BCUT2D eigenvalue weighted by atomic mass is 10.2. The van der Waals surface area contributed by atoms with Crippen molar-refractivity contribution >= 4 is 5.91 Å². The van der Waals surface area contributed by atoms with Crippen LogP contribution >= 0.6 is 0 Å². The van der Waals surface area contributed by atoms with Crippen molar-refractivity contribution in [1.82, 2.24) is 19.4 Å². The average Bonchev–Trinajstić information content (AvgIpc) is 2.98. The van der Waals surface area contributed by atoms with Crippen LogP contribution in [0.3, 0.4) is 0 Å². The zero-order valence-electron chi connectivity index (χ0n) is 11.6. The molecule has 0 saturated heterocycles. The maximum absolute atomic E-state index is 12.3. The normalized spacial score (nSPS) is 12.2. The van der Waals surface area contributed by atoms with E-state index in [-0.39, 0.29) is 5.91 Å². The number of pyridine rings is 1. The van der Waals surface area contributed by atoms with Crippen LogP contribution in [0, 0.1) is 0 Å². The molecule has 20 heavy (non-hydrogen) atoms. The van der Waals surface area contributed by atoms with Crippen molar-refractivity contribution < 1.29 is 9.90 Å². The smallest absolute Gasteiger partial charge is 0.253 e. The first-order valence-corrected chi connectivity index (χ1v) is 6.46. The number of aliphatic hydroxyl groups is 1. The second-order valence-corrected chi connectivity index (χ2v) is 4.74. The summed E-state index contributed by atoms with van der Waals surface area (Å²) in [4.78, 5) is 22.0. The van der Waals surface area contributed by atoms with E-state index in [2.05, 4.69) is 9.97 Å². The van der Waals surface area contributed by atoms with E-state index in [1.165, 1.54) is 0 Å². The first-order valence-electron chi connectivity index (χ1n) is 6.46. The summed E-state index contributed by atoms with van der Waals surface area (Å²) in [7, 11) is 1.72. The molecule has 1 amide bonds. The molecule has 2 heterocycles. The molecule has 0 aliphatic rings. The molecule has 0 saturated carbocycles. The highest BCUT2D eigenvalue weighted by molar-refractivity contribution is 5.94. The minimum absolute atomic E-state index is 0.0885. The number of rotatable bonds is 5. The van der Waals surface area contributed by atoms with Crippen molar-refractivity contribution in [1.29, 1.82) is 0 Å². The summed E-state index contributed by atoms with van der Waals surface area (Å²) < 4.78 is 1.74. The Bertz CT molecular complexity index is 566. The van der Waals surface area contributed by atoms with Gasteiger partial charge in [-0.3, -0.25) is 9.36 Å². The maximum Gasteiger partial charge on any atom is 0.253 e. The van der Waals surface area contributed by atoms with Gasteiger partial charge < -0.3 is 10.0 Å². The van der Waals surface area contributed by atoms with Crippen molar-refractivity contribution in [2.75, 3.05) is 13.6 Å². The second kappa shape index (κ2) is 6.29. The zero-order valence-corrected chi connectivity index (χ0v) is 11.6. The van der Waals surface area contributed by atoms with Crippen molar-refractivity contribution in [2.24, 2.45) is 0 Å². The fourth-order valence-corrected chi connectivity index (χ4v) is 1.79. The number of imidazole rings is 1. The van der Waals surface area contributed by atoms with E-state index in [0.29, 0.717) is 24.3 Å². The molecule has 0 fully saturated rings. The van der Waals surface area contributed by atoms with E-state index in [1.807, 2.05) is 0 Å². The van der Waals surface area contributed by atoms with Crippen LogP contribution in [0.1, 0.15) is 23.7 Å². The van der Waals surface area contributed by atoms with Crippen LogP contribution < -0.4 is 0 Å². The summed E-state index contributed by atoms with van der Waals surface area (Å²) in [6, 6.07) is 3.41. The number of hydrogen-bond donors (Lipinski definition) is 1. The van der Waals surface area contributed by atoms with E-state index in [1.54, 1.807) is 60.5 Å². The molecule has 106 valence electrons. The third-order valence-electron chi connectivity index (χ3n) is 2.99. The quantitative estimate of drug-likeness (QED) is 0.886. The molecule has 2 aromatic rings. The van der Waals surface area contributed by atoms with E-state index >= 15 is 0 Å². The predicted molar refractivity (Wildman–Crippen MR) is 74.6 cm³/mol. The summed E-state index contributed by atoms with van der Waals surface area (Å²) in [6.45, 7) is 2.22. The van der Waals surface area contributed by atoms with Gasteiger partial charge in [0.25, 0.3) is 5.91 Å². The molecule has 1 unspecified atom stereocenters. The Morgan fingerprint density at radius 2 is 2.30 bits per heavy atom. The zero-order chi connectivity index (χ0) is 14.5. The largest absolute Gasteiger partial charge is 0.393 e.